The number of fused-ring (bicyclic) bond motifs is 1. The number of benzene rings is 2. The summed E-state index contributed by atoms with van der Waals surface area (Å²) in [6.45, 7) is 0. The molecule has 1 aromatic heterocycles. The van der Waals surface area contributed by atoms with Gasteiger partial charge in [0.1, 0.15) is 17.1 Å². The third kappa shape index (κ3) is 3.93. The van der Waals surface area contributed by atoms with Crippen LogP contribution in [0.4, 0.5) is 18.9 Å². The van der Waals surface area contributed by atoms with Crippen molar-refractivity contribution in [3.8, 4) is 11.5 Å². The van der Waals surface area contributed by atoms with Crippen molar-refractivity contribution in [2.45, 2.75) is 6.18 Å². The molecular formula is C19H14F3NO5. The summed E-state index contributed by atoms with van der Waals surface area (Å²) < 4.78 is 54.3. The van der Waals surface area contributed by atoms with Crippen LogP contribution in [0.2, 0.25) is 0 Å². The van der Waals surface area contributed by atoms with Gasteiger partial charge in [-0.3, -0.25) is 4.79 Å². The maximum absolute atomic E-state index is 13.1. The lowest BCUT2D eigenvalue weighted by molar-refractivity contribution is -0.136. The summed E-state index contributed by atoms with van der Waals surface area (Å²) in [5, 5.41) is 2.25. The van der Waals surface area contributed by atoms with Crippen molar-refractivity contribution in [2.75, 3.05) is 19.5 Å². The Labute approximate surface area is 156 Å². The van der Waals surface area contributed by atoms with E-state index in [1.165, 1.54) is 32.4 Å². The van der Waals surface area contributed by atoms with Gasteiger partial charge in [-0.2, -0.15) is 13.2 Å². The Bertz CT molecular complexity index is 1080. The third-order valence-corrected chi connectivity index (χ3v) is 3.92. The molecule has 0 atom stereocenters. The van der Waals surface area contributed by atoms with Crippen molar-refractivity contribution in [1.29, 1.82) is 0 Å². The molecule has 6 nitrogen and oxygen atoms in total. The Morgan fingerprint density at radius 3 is 2.21 bits per heavy atom. The van der Waals surface area contributed by atoms with Gasteiger partial charge in [0.15, 0.2) is 0 Å². The molecule has 0 saturated carbocycles. The molecule has 3 rings (SSSR count). The van der Waals surface area contributed by atoms with E-state index in [1.807, 2.05) is 0 Å². The maximum Gasteiger partial charge on any atom is 0.417 e. The van der Waals surface area contributed by atoms with E-state index in [-0.39, 0.29) is 22.2 Å². The molecular weight excluding hydrogens is 379 g/mol. The summed E-state index contributed by atoms with van der Waals surface area (Å²) in [4.78, 5) is 24.0. The van der Waals surface area contributed by atoms with Crippen LogP contribution in [0.1, 0.15) is 15.9 Å². The second-order valence-electron chi connectivity index (χ2n) is 5.74. The summed E-state index contributed by atoms with van der Waals surface area (Å²) in [6.07, 6.45) is -4.71. The molecule has 0 aliphatic carbocycles. The monoisotopic (exact) mass is 393 g/mol. The fourth-order valence-electron chi connectivity index (χ4n) is 2.62. The summed E-state index contributed by atoms with van der Waals surface area (Å²) in [6, 6.07) is 8.49. The van der Waals surface area contributed by atoms with Crippen LogP contribution in [0.15, 0.2) is 51.7 Å². The first-order valence-corrected chi connectivity index (χ1v) is 7.91. The summed E-state index contributed by atoms with van der Waals surface area (Å²) in [5.41, 5.74) is -2.17. The van der Waals surface area contributed by atoms with E-state index in [2.05, 4.69) is 5.32 Å². The molecule has 0 spiro atoms. The highest BCUT2D eigenvalue weighted by atomic mass is 19.4. The standard InChI is InChI=1S/C19H14F3NO5/c1-26-12-5-10(6-13(8-12)27-2)18(25)23-11-3-4-14-15(19(20,21)22)9-17(24)28-16(14)7-11/h3-9H,1-2H3,(H,23,25). The zero-order valence-electron chi connectivity index (χ0n) is 14.7. The van der Waals surface area contributed by atoms with E-state index in [1.54, 1.807) is 6.07 Å². The number of ether oxygens (including phenoxy) is 2. The van der Waals surface area contributed by atoms with Gasteiger partial charge in [0, 0.05) is 34.8 Å². The lowest BCUT2D eigenvalue weighted by Crippen LogP contribution is -2.13. The molecule has 0 bridgehead atoms. The van der Waals surface area contributed by atoms with Crippen LogP contribution in [0.5, 0.6) is 11.5 Å². The number of alkyl halides is 3. The number of anilines is 1. The lowest BCUT2D eigenvalue weighted by atomic mass is 10.1. The van der Waals surface area contributed by atoms with Crippen molar-refractivity contribution >= 4 is 22.6 Å². The molecule has 1 amide bonds. The molecule has 0 fully saturated rings. The first kappa shape index (κ1) is 19.3. The first-order chi connectivity index (χ1) is 13.2. The predicted octanol–water partition coefficient (Wildman–Crippen LogP) is 4.08. The van der Waals surface area contributed by atoms with Gasteiger partial charge >= 0.3 is 11.8 Å². The number of methoxy groups -OCH3 is 2. The number of hydrogen-bond acceptors (Lipinski definition) is 5. The van der Waals surface area contributed by atoms with Crippen LogP contribution in [0.3, 0.4) is 0 Å². The van der Waals surface area contributed by atoms with Crippen LogP contribution in [0, 0.1) is 0 Å². The topological polar surface area (TPSA) is 77.8 Å². The third-order valence-electron chi connectivity index (χ3n) is 3.92. The number of carbonyl (C=O) groups is 1. The Morgan fingerprint density at radius 2 is 1.64 bits per heavy atom. The second kappa shape index (κ2) is 7.26. The highest BCUT2D eigenvalue weighted by molar-refractivity contribution is 6.05. The quantitative estimate of drug-likeness (QED) is 0.676. The summed E-state index contributed by atoms with van der Waals surface area (Å²) in [7, 11) is 2.86. The average molecular weight is 393 g/mol. The lowest BCUT2D eigenvalue weighted by Gasteiger charge is -2.11. The molecule has 0 radical (unpaired) electrons. The molecule has 0 aliphatic heterocycles. The minimum atomic E-state index is -4.71. The van der Waals surface area contributed by atoms with Crippen LogP contribution in [-0.2, 0) is 6.18 Å². The van der Waals surface area contributed by atoms with Gasteiger partial charge in [0.25, 0.3) is 5.91 Å². The van der Waals surface area contributed by atoms with Gasteiger partial charge in [-0.15, -0.1) is 0 Å². The van der Waals surface area contributed by atoms with Gasteiger partial charge in [0.05, 0.1) is 19.8 Å². The number of rotatable bonds is 4. The smallest absolute Gasteiger partial charge is 0.417 e. The fraction of sp³-hybridized carbons (Fsp3) is 0.158. The molecule has 0 saturated heterocycles. The Balaban J connectivity index is 1.97. The second-order valence-corrected chi connectivity index (χ2v) is 5.74. The first-order valence-electron chi connectivity index (χ1n) is 7.91. The van der Waals surface area contributed by atoms with Gasteiger partial charge in [-0.25, -0.2) is 4.79 Å². The number of nitrogens with one attached hydrogen (secondary N) is 1. The minimum Gasteiger partial charge on any atom is -0.497 e. The van der Waals surface area contributed by atoms with Gasteiger partial charge in [-0.1, -0.05) is 0 Å². The van der Waals surface area contributed by atoms with Gasteiger partial charge in [-0.05, 0) is 24.3 Å². The Kier molecular flexibility index (Phi) is 5.00. The van der Waals surface area contributed by atoms with Gasteiger partial charge in [0.2, 0.25) is 0 Å². The molecule has 28 heavy (non-hydrogen) atoms. The molecule has 0 aliphatic rings. The predicted molar refractivity (Wildman–Crippen MR) is 95.0 cm³/mol. The van der Waals surface area contributed by atoms with E-state index in [9.17, 15) is 22.8 Å². The fourth-order valence-corrected chi connectivity index (χ4v) is 2.62. The summed E-state index contributed by atoms with van der Waals surface area (Å²) in [5.74, 6) is 0.235. The SMILES string of the molecule is COc1cc(OC)cc(C(=O)Nc2ccc3c(C(F)(F)F)cc(=O)oc3c2)c1. The number of amides is 1. The minimum absolute atomic E-state index is 0.154. The van der Waals surface area contributed by atoms with Crippen LogP contribution >= 0.6 is 0 Å². The maximum atomic E-state index is 13.1. The Hall–Kier alpha value is -3.49. The van der Waals surface area contributed by atoms with Gasteiger partial charge < -0.3 is 19.2 Å². The molecule has 1 heterocycles. The highest BCUT2D eigenvalue weighted by Crippen LogP contribution is 2.34. The number of halogens is 3. The zero-order chi connectivity index (χ0) is 20.5. The Morgan fingerprint density at radius 1 is 1.00 bits per heavy atom. The van der Waals surface area contributed by atoms with E-state index in [4.69, 9.17) is 13.9 Å². The van der Waals surface area contributed by atoms with E-state index < -0.39 is 23.3 Å². The largest absolute Gasteiger partial charge is 0.497 e. The highest BCUT2D eigenvalue weighted by Gasteiger charge is 2.33. The van der Waals surface area contributed by atoms with E-state index in [0.29, 0.717) is 17.6 Å². The average Bonchev–Trinajstić information content (AvgIpc) is 2.65. The summed E-state index contributed by atoms with van der Waals surface area (Å²) >= 11 is 0. The normalized spacial score (nSPS) is 11.3. The van der Waals surface area contributed by atoms with Crippen LogP contribution < -0.4 is 20.4 Å². The molecule has 2 aromatic carbocycles. The van der Waals surface area contributed by atoms with Crippen molar-refractivity contribution in [1.82, 2.24) is 0 Å². The molecule has 3 aromatic rings. The van der Waals surface area contributed by atoms with Crippen molar-refractivity contribution < 1.29 is 31.9 Å². The van der Waals surface area contributed by atoms with Crippen molar-refractivity contribution in [3.05, 3.63) is 64.0 Å². The molecule has 0 unspecified atom stereocenters. The van der Waals surface area contributed by atoms with Crippen molar-refractivity contribution in [3.63, 3.8) is 0 Å². The van der Waals surface area contributed by atoms with Crippen LogP contribution in [-0.4, -0.2) is 20.1 Å². The number of hydrogen-bond donors (Lipinski definition) is 1. The zero-order valence-corrected chi connectivity index (χ0v) is 14.7. The molecule has 146 valence electrons. The van der Waals surface area contributed by atoms with Crippen LogP contribution in [0.25, 0.3) is 11.0 Å². The molecule has 1 N–H and O–H groups in total. The number of carbonyl (C=O) groups excluding carboxylic acids is 1. The van der Waals surface area contributed by atoms with E-state index >= 15 is 0 Å². The van der Waals surface area contributed by atoms with Crippen molar-refractivity contribution in [2.24, 2.45) is 0 Å². The molecule has 9 heteroatoms. The van der Waals surface area contributed by atoms with E-state index in [0.717, 1.165) is 12.1 Å².